The van der Waals surface area contributed by atoms with Gasteiger partial charge in [0.25, 0.3) is 0 Å². The first kappa shape index (κ1) is 46.2. The molecule has 15 nitrogen and oxygen atoms in total. The summed E-state index contributed by atoms with van der Waals surface area (Å²) in [4.78, 5) is 74.1. The maximum Gasteiger partial charge on any atom is 0.407 e. The Balaban J connectivity index is 1.04. The van der Waals surface area contributed by atoms with Gasteiger partial charge in [-0.1, -0.05) is 90.9 Å². The molecule has 5 N–H and O–H groups in total. The van der Waals surface area contributed by atoms with E-state index in [1.54, 1.807) is 4.90 Å². The first-order chi connectivity index (χ1) is 31.5. The van der Waals surface area contributed by atoms with Crippen LogP contribution >= 0.6 is 0 Å². The number of fused-ring (bicyclic) bond motifs is 1. The number of imidazole rings is 2. The van der Waals surface area contributed by atoms with E-state index in [4.69, 9.17) is 14.7 Å². The Morgan fingerprint density at radius 3 is 1.88 bits per heavy atom. The number of hydrogen-bond acceptors (Lipinski definition) is 8. The van der Waals surface area contributed by atoms with E-state index in [2.05, 4.69) is 113 Å². The summed E-state index contributed by atoms with van der Waals surface area (Å²) < 4.78 is 4.83. The minimum Gasteiger partial charge on any atom is -0.465 e. The third-order valence-electron chi connectivity index (χ3n) is 13.8. The fourth-order valence-corrected chi connectivity index (χ4v) is 10.2. The highest BCUT2D eigenvalue weighted by molar-refractivity contribution is 5.87. The van der Waals surface area contributed by atoms with Gasteiger partial charge >= 0.3 is 12.2 Å². The number of benzene rings is 3. The zero-order valence-corrected chi connectivity index (χ0v) is 39.4. The fraction of sp³-hybridized carbons (Fsp3) is 0.490. The van der Waals surface area contributed by atoms with E-state index in [1.165, 1.54) is 23.8 Å². The number of H-pyrrole nitrogens is 2. The molecule has 8 rings (SSSR count). The van der Waals surface area contributed by atoms with E-state index < -0.39 is 24.3 Å². The van der Waals surface area contributed by atoms with Crippen molar-refractivity contribution in [3.05, 3.63) is 101 Å². The topological polar surface area (TPSA) is 189 Å². The van der Waals surface area contributed by atoms with Crippen LogP contribution in [0.5, 0.6) is 0 Å². The Hall–Kier alpha value is -6.38. The van der Waals surface area contributed by atoms with Crippen molar-refractivity contribution in [2.24, 2.45) is 11.8 Å². The van der Waals surface area contributed by atoms with Crippen molar-refractivity contribution in [2.75, 3.05) is 25.1 Å². The summed E-state index contributed by atoms with van der Waals surface area (Å²) in [5.74, 6) is 0.771. The number of likely N-dealkylation sites (tertiary alicyclic amines) is 2. The van der Waals surface area contributed by atoms with Gasteiger partial charge in [-0.15, -0.1) is 0 Å². The summed E-state index contributed by atoms with van der Waals surface area (Å²) in [5, 5.41) is 14.6. The second-order valence-electron chi connectivity index (χ2n) is 19.9. The van der Waals surface area contributed by atoms with Crippen molar-refractivity contribution < 1.29 is 29.0 Å². The third-order valence-corrected chi connectivity index (χ3v) is 13.8. The standard InChI is InChI=1S/C51H65N9O6/c1-29(2)43(56-49(63)64)47(61)58-25-9-11-41(58)45-52-28-38(55-45)31-13-15-32(16-14-31)39-23-24-40(60(39)35-20-18-34(19-21-35)51(5,6)7)33-17-22-36-37(27-33)54-46(53-36)42-12-10-26-59(42)48(62)44(30(3)4)57-50(65)66-8/h13-22,27-30,39-44,56H,9-12,23-26H2,1-8H3,(H,52,55)(H,53,54)(H,57,65)(H,63,64)/t39-,40-,41+,42+,43+,44+/m1/s1. The number of carbonyl (C=O) groups excluding carboxylic acids is 3. The number of alkyl carbamates (subject to hydrolysis) is 1. The van der Waals surface area contributed by atoms with Gasteiger partial charge in [0.15, 0.2) is 0 Å². The van der Waals surface area contributed by atoms with Crippen molar-refractivity contribution in [3.8, 4) is 11.3 Å². The van der Waals surface area contributed by atoms with Crippen LogP contribution in [-0.4, -0.2) is 91.1 Å². The minimum atomic E-state index is -1.21. The molecule has 3 aliphatic rings. The zero-order valence-electron chi connectivity index (χ0n) is 39.4. The highest BCUT2D eigenvalue weighted by Crippen LogP contribution is 2.48. The molecule has 3 aliphatic heterocycles. The molecule has 0 spiro atoms. The molecule has 4 amide bonds. The lowest BCUT2D eigenvalue weighted by atomic mass is 9.87. The highest BCUT2D eigenvalue weighted by Gasteiger charge is 2.40. The number of ether oxygens (including phenoxy) is 1. The predicted molar refractivity (Wildman–Crippen MR) is 254 cm³/mol. The zero-order chi connectivity index (χ0) is 47.0. The number of anilines is 1. The molecular weight excluding hydrogens is 835 g/mol. The number of methoxy groups -OCH3 is 1. The maximum atomic E-state index is 13.9. The van der Waals surface area contributed by atoms with Crippen molar-refractivity contribution >= 4 is 40.7 Å². The Kier molecular flexibility index (Phi) is 13.2. The van der Waals surface area contributed by atoms with E-state index in [0.717, 1.165) is 72.3 Å². The fourth-order valence-electron chi connectivity index (χ4n) is 10.2. The molecule has 3 aromatic carbocycles. The molecule has 3 saturated heterocycles. The van der Waals surface area contributed by atoms with Crippen molar-refractivity contribution in [1.29, 1.82) is 0 Å². The van der Waals surface area contributed by atoms with Crippen LogP contribution < -0.4 is 15.5 Å². The predicted octanol–water partition coefficient (Wildman–Crippen LogP) is 9.33. The van der Waals surface area contributed by atoms with Crippen molar-refractivity contribution in [2.45, 2.75) is 129 Å². The van der Waals surface area contributed by atoms with Crippen LogP contribution in [0.15, 0.2) is 72.9 Å². The van der Waals surface area contributed by atoms with Gasteiger partial charge in [-0.2, -0.15) is 0 Å². The number of aromatic nitrogens is 4. The van der Waals surface area contributed by atoms with Gasteiger partial charge in [0.2, 0.25) is 11.8 Å². The van der Waals surface area contributed by atoms with E-state index in [-0.39, 0.29) is 53.2 Å². The maximum absolute atomic E-state index is 13.9. The molecule has 5 heterocycles. The second kappa shape index (κ2) is 18.8. The summed E-state index contributed by atoms with van der Waals surface area (Å²) in [7, 11) is 1.30. The summed E-state index contributed by atoms with van der Waals surface area (Å²) in [6, 6.07) is 22.3. The number of rotatable bonds is 12. The molecule has 15 heteroatoms. The van der Waals surface area contributed by atoms with Gasteiger partial charge in [-0.3, -0.25) is 9.59 Å². The van der Waals surface area contributed by atoms with Crippen LogP contribution in [0.25, 0.3) is 22.3 Å². The average Bonchev–Trinajstić information content (AvgIpc) is 4.15. The number of aromatic amines is 2. The second-order valence-corrected chi connectivity index (χ2v) is 19.9. The van der Waals surface area contributed by atoms with Gasteiger partial charge in [0.05, 0.1) is 54.2 Å². The quantitative estimate of drug-likeness (QED) is 0.0813. The lowest BCUT2D eigenvalue weighted by Crippen LogP contribution is -2.51. The largest absolute Gasteiger partial charge is 0.465 e. The molecule has 66 heavy (non-hydrogen) atoms. The first-order valence-electron chi connectivity index (χ1n) is 23.5. The molecule has 0 aliphatic carbocycles. The van der Waals surface area contributed by atoms with Crippen LogP contribution in [0.4, 0.5) is 15.3 Å². The lowest BCUT2D eigenvalue weighted by Gasteiger charge is -2.34. The Labute approximate surface area is 387 Å². The van der Waals surface area contributed by atoms with Gasteiger partial charge in [-0.25, -0.2) is 19.6 Å². The molecule has 3 fully saturated rings. The molecule has 5 aromatic rings. The minimum absolute atomic E-state index is 0.0147. The van der Waals surface area contributed by atoms with E-state index in [0.29, 0.717) is 18.9 Å². The molecule has 2 aromatic heterocycles. The van der Waals surface area contributed by atoms with Gasteiger partial charge < -0.3 is 45.1 Å². The van der Waals surface area contributed by atoms with Crippen LogP contribution in [0.1, 0.15) is 139 Å². The van der Waals surface area contributed by atoms with Crippen LogP contribution in [0, 0.1) is 11.8 Å². The highest BCUT2D eigenvalue weighted by atomic mass is 16.5. The summed E-state index contributed by atoms with van der Waals surface area (Å²) in [6.07, 6.45) is 5.04. The number of hydrogen-bond donors (Lipinski definition) is 5. The average molecular weight is 900 g/mol. The first-order valence-corrected chi connectivity index (χ1v) is 23.5. The molecular formula is C51H65N9O6. The van der Waals surface area contributed by atoms with Gasteiger partial charge in [0, 0.05) is 18.8 Å². The summed E-state index contributed by atoms with van der Waals surface area (Å²) in [5.41, 5.74) is 8.43. The van der Waals surface area contributed by atoms with E-state index >= 15 is 0 Å². The van der Waals surface area contributed by atoms with Crippen molar-refractivity contribution in [3.63, 3.8) is 0 Å². The SMILES string of the molecule is COC(=O)N[C@H](C(=O)N1CCC[C@H]1c1nc2ccc([C@H]3CC[C@H](c4ccc(-c5cnc([C@@H]6CCCN6C(=O)[C@@H](NC(=O)O)C(C)C)[nH]5)cc4)N3c3ccc(C(C)(C)C)cc3)cc2[nH]1)C(C)C. The number of nitrogens with one attached hydrogen (secondary N) is 4. The normalized spacial score (nSPS) is 20.9. The molecule has 0 unspecified atom stereocenters. The van der Waals surface area contributed by atoms with Crippen LogP contribution in [0.3, 0.4) is 0 Å². The van der Waals surface area contributed by atoms with Gasteiger partial charge in [-0.05, 0) is 102 Å². The molecule has 0 bridgehead atoms. The van der Waals surface area contributed by atoms with Crippen LogP contribution in [-0.2, 0) is 19.7 Å². The Morgan fingerprint density at radius 2 is 1.30 bits per heavy atom. The Bertz CT molecular complexity index is 2540. The number of carboxylic acid groups (broad SMARTS) is 1. The number of carbonyl (C=O) groups is 4. The van der Waals surface area contributed by atoms with Crippen LogP contribution in [0.2, 0.25) is 0 Å². The molecule has 6 atom stereocenters. The number of nitrogens with zero attached hydrogens (tertiary/aromatic N) is 5. The molecule has 0 saturated carbocycles. The summed E-state index contributed by atoms with van der Waals surface area (Å²) >= 11 is 0. The lowest BCUT2D eigenvalue weighted by molar-refractivity contribution is -0.136. The van der Waals surface area contributed by atoms with Gasteiger partial charge in [0.1, 0.15) is 23.7 Å². The Morgan fingerprint density at radius 1 is 0.727 bits per heavy atom. The van der Waals surface area contributed by atoms with Crippen molar-refractivity contribution in [1.82, 2.24) is 40.4 Å². The number of amides is 4. The molecule has 0 radical (unpaired) electrons. The monoisotopic (exact) mass is 900 g/mol. The smallest absolute Gasteiger partial charge is 0.407 e. The van der Waals surface area contributed by atoms with E-state index in [1.807, 2.05) is 38.8 Å². The summed E-state index contributed by atoms with van der Waals surface area (Å²) in [6.45, 7) is 15.4. The third kappa shape index (κ3) is 9.34. The molecule has 350 valence electrons. The van der Waals surface area contributed by atoms with E-state index in [9.17, 15) is 24.3 Å².